The molecule has 0 spiro atoms. The largest absolute Gasteiger partial charge is 0.476 e. The minimum Gasteiger partial charge on any atom is -0.476 e. The van der Waals surface area contributed by atoms with E-state index in [1.165, 1.54) is 6.20 Å². The van der Waals surface area contributed by atoms with Crippen LogP contribution in [-0.4, -0.2) is 22.5 Å². The lowest BCUT2D eigenvalue weighted by atomic mass is 9.93. The first-order valence-electron chi connectivity index (χ1n) is 5.62. The van der Waals surface area contributed by atoms with Crippen molar-refractivity contribution in [3.8, 4) is 5.88 Å². The van der Waals surface area contributed by atoms with Crippen LogP contribution in [0.2, 0.25) is 0 Å². The Morgan fingerprint density at radius 1 is 1.35 bits per heavy atom. The van der Waals surface area contributed by atoms with Crippen LogP contribution in [0, 0.1) is 5.92 Å². The van der Waals surface area contributed by atoms with Gasteiger partial charge in [0.25, 0.3) is 5.92 Å². The Balaban J connectivity index is 1.91. The van der Waals surface area contributed by atoms with Crippen molar-refractivity contribution in [2.75, 3.05) is 6.61 Å². The molecule has 0 amide bonds. The number of hydrogen-bond donors (Lipinski definition) is 0. The first-order valence-corrected chi connectivity index (χ1v) is 5.62. The summed E-state index contributed by atoms with van der Waals surface area (Å²) in [6.45, 7) is 6.10. The number of nitrogens with zero attached hydrogens (tertiary/aromatic N) is 2. The van der Waals surface area contributed by atoms with Crippen molar-refractivity contribution in [2.24, 2.45) is 5.92 Å². The maximum atomic E-state index is 12.6. The Kier molecular flexibility index (Phi) is 2.79. The molecule has 1 unspecified atom stereocenters. The smallest absolute Gasteiger partial charge is 0.255 e. The van der Waals surface area contributed by atoms with Gasteiger partial charge in [-0.05, 0) is 0 Å². The van der Waals surface area contributed by atoms with E-state index in [1.807, 2.05) is 20.8 Å². The second kappa shape index (κ2) is 3.89. The summed E-state index contributed by atoms with van der Waals surface area (Å²) in [4.78, 5) is 8.27. The maximum absolute atomic E-state index is 12.6. The van der Waals surface area contributed by atoms with Gasteiger partial charge in [-0.3, -0.25) is 4.98 Å². The standard InChI is InChI=1S/C12H16F2N2O/c1-11(2,3)9-5-16-10(6-15-9)17-7-8-4-12(8,13)14/h5-6,8H,4,7H2,1-3H3. The highest BCUT2D eigenvalue weighted by molar-refractivity contribution is 5.13. The molecule has 1 fully saturated rings. The molecular weight excluding hydrogens is 226 g/mol. The minimum absolute atomic E-state index is 0.0105. The third-order valence-corrected chi connectivity index (χ3v) is 2.78. The quantitative estimate of drug-likeness (QED) is 0.817. The highest BCUT2D eigenvalue weighted by Gasteiger charge is 2.57. The molecule has 2 rings (SSSR count). The molecule has 1 saturated carbocycles. The molecule has 0 N–H and O–H groups in total. The fraction of sp³-hybridized carbons (Fsp3) is 0.667. The minimum atomic E-state index is -2.54. The molecule has 1 heterocycles. The summed E-state index contributed by atoms with van der Waals surface area (Å²) in [5.74, 6) is -2.90. The summed E-state index contributed by atoms with van der Waals surface area (Å²) >= 11 is 0. The van der Waals surface area contributed by atoms with Crippen LogP contribution < -0.4 is 4.74 Å². The van der Waals surface area contributed by atoms with Gasteiger partial charge in [0.05, 0.1) is 30.6 Å². The summed E-state index contributed by atoms with van der Waals surface area (Å²) in [7, 11) is 0. The van der Waals surface area contributed by atoms with Crippen LogP contribution in [0.4, 0.5) is 8.78 Å². The summed E-state index contributed by atoms with van der Waals surface area (Å²) in [6, 6.07) is 0. The summed E-state index contributed by atoms with van der Waals surface area (Å²) in [5.41, 5.74) is 0.774. The number of hydrogen-bond acceptors (Lipinski definition) is 3. The molecule has 1 aromatic heterocycles. The summed E-state index contributed by atoms with van der Waals surface area (Å²) < 4.78 is 30.4. The maximum Gasteiger partial charge on any atom is 0.255 e. The molecule has 0 radical (unpaired) electrons. The van der Waals surface area contributed by atoms with Gasteiger partial charge in [-0.1, -0.05) is 20.8 Å². The molecule has 0 aliphatic heterocycles. The Morgan fingerprint density at radius 3 is 2.41 bits per heavy atom. The normalized spacial score (nSPS) is 22.3. The van der Waals surface area contributed by atoms with Gasteiger partial charge in [0.2, 0.25) is 5.88 Å². The molecule has 94 valence electrons. The number of aromatic nitrogens is 2. The van der Waals surface area contributed by atoms with Crippen molar-refractivity contribution in [1.29, 1.82) is 0 Å². The van der Waals surface area contributed by atoms with E-state index in [2.05, 4.69) is 9.97 Å². The van der Waals surface area contributed by atoms with E-state index < -0.39 is 11.8 Å². The zero-order chi connectivity index (χ0) is 12.7. The molecule has 1 aliphatic rings. The predicted octanol–water partition coefficient (Wildman–Crippen LogP) is 2.81. The number of ether oxygens (including phenoxy) is 1. The van der Waals surface area contributed by atoms with Gasteiger partial charge in [-0.15, -0.1) is 0 Å². The molecular formula is C12H16F2N2O. The molecule has 17 heavy (non-hydrogen) atoms. The fourth-order valence-electron chi connectivity index (χ4n) is 1.41. The lowest BCUT2D eigenvalue weighted by Crippen LogP contribution is -2.14. The van der Waals surface area contributed by atoms with Crippen molar-refractivity contribution in [3.05, 3.63) is 18.1 Å². The van der Waals surface area contributed by atoms with Crippen molar-refractivity contribution < 1.29 is 13.5 Å². The topological polar surface area (TPSA) is 35.0 Å². The Morgan fingerprint density at radius 2 is 2.00 bits per heavy atom. The zero-order valence-corrected chi connectivity index (χ0v) is 10.2. The number of alkyl halides is 2. The van der Waals surface area contributed by atoms with E-state index in [-0.39, 0.29) is 18.4 Å². The Hall–Kier alpha value is -1.26. The van der Waals surface area contributed by atoms with Crippen molar-refractivity contribution >= 4 is 0 Å². The number of halogens is 2. The molecule has 0 saturated heterocycles. The lowest BCUT2D eigenvalue weighted by Gasteiger charge is -2.16. The van der Waals surface area contributed by atoms with Crippen LogP contribution >= 0.6 is 0 Å². The number of rotatable bonds is 3. The SMILES string of the molecule is CC(C)(C)c1cnc(OCC2CC2(F)F)cn1. The van der Waals surface area contributed by atoms with Crippen molar-refractivity contribution in [3.63, 3.8) is 0 Å². The van der Waals surface area contributed by atoms with Gasteiger partial charge < -0.3 is 4.74 Å². The van der Waals surface area contributed by atoms with Crippen LogP contribution in [0.1, 0.15) is 32.9 Å². The third-order valence-electron chi connectivity index (χ3n) is 2.78. The second-order valence-electron chi connectivity index (χ2n) is 5.46. The van der Waals surface area contributed by atoms with E-state index in [9.17, 15) is 8.78 Å². The van der Waals surface area contributed by atoms with E-state index in [4.69, 9.17) is 4.74 Å². The van der Waals surface area contributed by atoms with Crippen LogP contribution in [0.15, 0.2) is 12.4 Å². The van der Waals surface area contributed by atoms with Gasteiger partial charge in [-0.25, -0.2) is 13.8 Å². The molecule has 5 heteroatoms. The van der Waals surface area contributed by atoms with E-state index in [1.54, 1.807) is 6.20 Å². The van der Waals surface area contributed by atoms with Crippen LogP contribution in [0.25, 0.3) is 0 Å². The molecule has 1 aromatic rings. The van der Waals surface area contributed by atoms with Crippen LogP contribution in [0.3, 0.4) is 0 Å². The third kappa shape index (κ3) is 2.90. The predicted molar refractivity (Wildman–Crippen MR) is 59.3 cm³/mol. The second-order valence-corrected chi connectivity index (χ2v) is 5.46. The molecule has 3 nitrogen and oxygen atoms in total. The molecule has 1 atom stereocenters. The highest BCUT2D eigenvalue weighted by atomic mass is 19.3. The first kappa shape index (κ1) is 12.2. The van der Waals surface area contributed by atoms with Crippen LogP contribution in [-0.2, 0) is 5.41 Å². The van der Waals surface area contributed by atoms with E-state index >= 15 is 0 Å². The average Bonchev–Trinajstić information content (AvgIpc) is 2.83. The fourth-order valence-corrected chi connectivity index (χ4v) is 1.41. The molecule has 0 aromatic carbocycles. The lowest BCUT2D eigenvalue weighted by molar-refractivity contribution is 0.0849. The summed E-state index contributed by atoms with van der Waals surface area (Å²) in [5, 5.41) is 0. The van der Waals surface area contributed by atoms with Crippen LogP contribution in [0.5, 0.6) is 5.88 Å². The Labute approximate surface area is 99.2 Å². The molecule has 1 aliphatic carbocycles. The monoisotopic (exact) mass is 242 g/mol. The zero-order valence-electron chi connectivity index (χ0n) is 10.2. The van der Waals surface area contributed by atoms with Gasteiger partial charge in [0, 0.05) is 11.8 Å². The van der Waals surface area contributed by atoms with Crippen molar-refractivity contribution in [2.45, 2.75) is 38.5 Å². The molecule has 0 bridgehead atoms. The van der Waals surface area contributed by atoms with Crippen molar-refractivity contribution in [1.82, 2.24) is 9.97 Å². The van der Waals surface area contributed by atoms with E-state index in [0.29, 0.717) is 5.88 Å². The highest BCUT2D eigenvalue weighted by Crippen LogP contribution is 2.48. The Bertz CT molecular complexity index is 398. The van der Waals surface area contributed by atoms with Gasteiger partial charge in [0.1, 0.15) is 0 Å². The first-order chi connectivity index (χ1) is 7.79. The average molecular weight is 242 g/mol. The summed E-state index contributed by atoms with van der Waals surface area (Å²) in [6.07, 6.45) is 3.03. The van der Waals surface area contributed by atoms with Gasteiger partial charge in [0.15, 0.2) is 0 Å². The van der Waals surface area contributed by atoms with Gasteiger partial charge in [-0.2, -0.15) is 0 Å². The van der Waals surface area contributed by atoms with Gasteiger partial charge >= 0.3 is 0 Å². The van der Waals surface area contributed by atoms with E-state index in [0.717, 1.165) is 5.69 Å².